The average Bonchev–Trinajstić information content (AvgIpc) is 2.96. The lowest BCUT2D eigenvalue weighted by molar-refractivity contribution is -0.0693. The van der Waals surface area contributed by atoms with Gasteiger partial charge in [0.05, 0.1) is 22.9 Å². The summed E-state index contributed by atoms with van der Waals surface area (Å²) >= 11 is 1.74. The molecule has 0 bridgehead atoms. The van der Waals surface area contributed by atoms with Crippen LogP contribution in [0.5, 0.6) is 0 Å². The van der Waals surface area contributed by atoms with Gasteiger partial charge in [-0.1, -0.05) is 0 Å². The second-order valence-corrected chi connectivity index (χ2v) is 7.30. The molecule has 3 rings (SSSR count). The van der Waals surface area contributed by atoms with Crippen molar-refractivity contribution in [2.75, 3.05) is 20.1 Å². The molecule has 1 N–H and O–H groups in total. The normalized spacial score (nSPS) is 30.1. The van der Waals surface area contributed by atoms with E-state index in [0.29, 0.717) is 12.1 Å². The van der Waals surface area contributed by atoms with Crippen LogP contribution in [0.4, 0.5) is 0 Å². The predicted molar refractivity (Wildman–Crippen MR) is 82.1 cm³/mol. The molecule has 112 valence electrons. The highest BCUT2D eigenvalue weighted by molar-refractivity contribution is 7.09. The van der Waals surface area contributed by atoms with E-state index >= 15 is 0 Å². The molecule has 4 nitrogen and oxygen atoms in total. The van der Waals surface area contributed by atoms with Crippen LogP contribution in [-0.2, 0) is 11.3 Å². The first kappa shape index (κ1) is 14.4. The van der Waals surface area contributed by atoms with Crippen LogP contribution in [0.15, 0.2) is 5.51 Å². The van der Waals surface area contributed by atoms with Crippen LogP contribution in [0.2, 0.25) is 0 Å². The molecule has 1 aromatic rings. The second-order valence-electron chi connectivity index (χ2n) is 6.36. The van der Waals surface area contributed by atoms with Crippen molar-refractivity contribution in [3.63, 3.8) is 0 Å². The van der Waals surface area contributed by atoms with E-state index in [1.54, 1.807) is 11.3 Å². The van der Waals surface area contributed by atoms with E-state index < -0.39 is 0 Å². The van der Waals surface area contributed by atoms with Gasteiger partial charge in [0.1, 0.15) is 0 Å². The third-order valence-corrected chi connectivity index (χ3v) is 5.80. The Balaban J connectivity index is 1.57. The Labute approximate surface area is 125 Å². The number of piperidine rings is 1. The van der Waals surface area contributed by atoms with Crippen LogP contribution in [0.1, 0.15) is 36.8 Å². The molecule has 0 aliphatic carbocycles. The van der Waals surface area contributed by atoms with Crippen LogP contribution >= 0.6 is 11.3 Å². The Bertz CT molecular complexity index is 454. The molecule has 2 saturated heterocycles. The maximum absolute atomic E-state index is 6.35. The number of hydrogen-bond donors (Lipinski definition) is 1. The summed E-state index contributed by atoms with van der Waals surface area (Å²) in [7, 11) is 2.20. The molecule has 0 saturated carbocycles. The molecule has 0 unspecified atom stereocenters. The minimum Gasteiger partial charge on any atom is -0.370 e. The number of ether oxygens (including phenoxy) is 1. The van der Waals surface area contributed by atoms with Gasteiger partial charge in [-0.3, -0.25) is 0 Å². The fourth-order valence-corrected chi connectivity index (χ4v) is 4.13. The van der Waals surface area contributed by atoms with E-state index in [1.165, 1.54) is 17.7 Å². The third-order valence-electron chi connectivity index (χ3n) is 4.86. The topological polar surface area (TPSA) is 37.4 Å². The smallest absolute Gasteiger partial charge is 0.0798 e. The lowest BCUT2D eigenvalue weighted by Crippen LogP contribution is -2.43. The molecule has 0 amide bonds. The van der Waals surface area contributed by atoms with E-state index in [9.17, 15) is 0 Å². The summed E-state index contributed by atoms with van der Waals surface area (Å²) in [5.41, 5.74) is 3.22. The van der Waals surface area contributed by atoms with Crippen LogP contribution < -0.4 is 5.32 Å². The summed E-state index contributed by atoms with van der Waals surface area (Å²) in [4.78, 5) is 8.07. The van der Waals surface area contributed by atoms with Gasteiger partial charge in [-0.2, -0.15) is 0 Å². The summed E-state index contributed by atoms with van der Waals surface area (Å²) in [5, 5.41) is 3.69. The first-order valence-corrected chi connectivity index (χ1v) is 8.45. The minimum absolute atomic E-state index is 0.131. The van der Waals surface area contributed by atoms with Gasteiger partial charge in [0.15, 0.2) is 0 Å². The summed E-state index contributed by atoms with van der Waals surface area (Å²) in [6.07, 6.45) is 3.81. The van der Waals surface area contributed by atoms with Gasteiger partial charge < -0.3 is 15.0 Å². The summed E-state index contributed by atoms with van der Waals surface area (Å²) in [6, 6.07) is 0.472. The number of likely N-dealkylation sites (tertiary alicyclic amines) is 1. The summed E-state index contributed by atoms with van der Waals surface area (Å²) < 4.78 is 6.35. The lowest BCUT2D eigenvalue weighted by atomic mass is 9.87. The van der Waals surface area contributed by atoms with Crippen molar-refractivity contribution in [3.05, 3.63) is 16.1 Å². The molecule has 0 aromatic carbocycles. The maximum Gasteiger partial charge on any atom is 0.0798 e. The van der Waals surface area contributed by atoms with E-state index in [1.807, 2.05) is 5.51 Å². The fourth-order valence-electron chi connectivity index (χ4n) is 3.40. The van der Waals surface area contributed by atoms with Crippen molar-refractivity contribution in [2.24, 2.45) is 0 Å². The highest BCUT2D eigenvalue weighted by Gasteiger charge is 2.45. The molecule has 2 aliphatic rings. The van der Waals surface area contributed by atoms with Crippen molar-refractivity contribution in [1.82, 2.24) is 15.2 Å². The van der Waals surface area contributed by atoms with Crippen molar-refractivity contribution < 1.29 is 4.74 Å². The Hall–Kier alpha value is -0.490. The standard InChI is InChI=1S/C15H25N3OS/c1-11-14(20-10-17-11)9-16-13-8-15(19-12(13)2)4-6-18(3)7-5-15/h10,12-13,16H,4-9H2,1-3H3/t12-,13+/m0/s1. The molecule has 20 heavy (non-hydrogen) atoms. The van der Waals surface area contributed by atoms with Crippen molar-refractivity contribution in [3.8, 4) is 0 Å². The fraction of sp³-hybridized carbons (Fsp3) is 0.800. The lowest BCUT2D eigenvalue weighted by Gasteiger charge is -2.37. The Kier molecular flexibility index (Phi) is 4.13. The zero-order valence-electron chi connectivity index (χ0n) is 12.7. The molecule has 1 aromatic heterocycles. The highest BCUT2D eigenvalue weighted by Crippen LogP contribution is 2.38. The molecular formula is C15H25N3OS. The Morgan fingerprint density at radius 2 is 2.25 bits per heavy atom. The van der Waals surface area contributed by atoms with E-state index in [4.69, 9.17) is 4.74 Å². The van der Waals surface area contributed by atoms with Crippen LogP contribution in [-0.4, -0.2) is 47.8 Å². The number of nitrogens with zero attached hydrogens (tertiary/aromatic N) is 2. The molecule has 2 atom stereocenters. The van der Waals surface area contributed by atoms with Crippen molar-refractivity contribution in [2.45, 2.75) is 57.4 Å². The average molecular weight is 295 g/mol. The van der Waals surface area contributed by atoms with Gasteiger partial charge in [0.2, 0.25) is 0 Å². The first-order chi connectivity index (χ1) is 9.58. The van der Waals surface area contributed by atoms with Gasteiger partial charge in [0.25, 0.3) is 0 Å². The van der Waals surface area contributed by atoms with Gasteiger partial charge in [-0.05, 0) is 40.2 Å². The van der Waals surface area contributed by atoms with Gasteiger partial charge in [-0.25, -0.2) is 4.98 Å². The largest absolute Gasteiger partial charge is 0.370 e. The summed E-state index contributed by atoms with van der Waals surface area (Å²) in [6.45, 7) is 7.54. The second kappa shape index (κ2) is 5.72. The van der Waals surface area contributed by atoms with E-state index in [0.717, 1.165) is 31.7 Å². The Morgan fingerprint density at radius 1 is 1.50 bits per heavy atom. The Morgan fingerprint density at radius 3 is 2.90 bits per heavy atom. The quantitative estimate of drug-likeness (QED) is 0.927. The zero-order chi connectivity index (χ0) is 14.2. The molecular weight excluding hydrogens is 270 g/mol. The summed E-state index contributed by atoms with van der Waals surface area (Å²) in [5.74, 6) is 0. The first-order valence-electron chi connectivity index (χ1n) is 7.57. The number of rotatable bonds is 3. The van der Waals surface area contributed by atoms with Crippen molar-refractivity contribution >= 4 is 11.3 Å². The third kappa shape index (κ3) is 2.91. The number of nitrogens with one attached hydrogen (secondary N) is 1. The monoisotopic (exact) mass is 295 g/mol. The van der Waals surface area contributed by atoms with Crippen LogP contribution in [0.3, 0.4) is 0 Å². The van der Waals surface area contributed by atoms with Gasteiger partial charge in [0, 0.05) is 30.6 Å². The maximum atomic E-state index is 6.35. The number of thiazole rings is 1. The number of aryl methyl sites for hydroxylation is 1. The molecule has 0 radical (unpaired) electrons. The number of hydrogen-bond acceptors (Lipinski definition) is 5. The zero-order valence-corrected chi connectivity index (χ0v) is 13.5. The van der Waals surface area contributed by atoms with Gasteiger partial charge >= 0.3 is 0 Å². The molecule has 3 heterocycles. The van der Waals surface area contributed by atoms with E-state index in [2.05, 4.69) is 36.1 Å². The molecule has 2 fully saturated rings. The minimum atomic E-state index is 0.131. The SMILES string of the molecule is Cc1ncsc1CN[C@@H]1CC2(CCN(C)CC2)O[C@H]1C. The van der Waals surface area contributed by atoms with Crippen molar-refractivity contribution in [1.29, 1.82) is 0 Å². The predicted octanol–water partition coefficient (Wildman–Crippen LogP) is 2.18. The molecule has 1 spiro atoms. The molecule has 2 aliphatic heterocycles. The number of aromatic nitrogens is 1. The van der Waals surface area contributed by atoms with E-state index in [-0.39, 0.29) is 5.60 Å². The molecule has 5 heteroatoms. The van der Waals surface area contributed by atoms with Gasteiger partial charge in [-0.15, -0.1) is 11.3 Å². The highest BCUT2D eigenvalue weighted by atomic mass is 32.1. The van der Waals surface area contributed by atoms with Crippen LogP contribution in [0.25, 0.3) is 0 Å². The van der Waals surface area contributed by atoms with Crippen LogP contribution in [0, 0.1) is 6.92 Å².